The van der Waals surface area contributed by atoms with Crippen LogP contribution in [0.1, 0.15) is 5.56 Å². The van der Waals surface area contributed by atoms with Crippen LogP contribution in [-0.4, -0.2) is 12.1 Å². The van der Waals surface area contributed by atoms with Gasteiger partial charge in [-0.15, -0.1) is 0 Å². The van der Waals surface area contributed by atoms with Crippen LogP contribution in [-0.2, 0) is 0 Å². The van der Waals surface area contributed by atoms with Crippen molar-refractivity contribution in [3.63, 3.8) is 0 Å². The number of aromatic nitrogens is 1. The van der Waals surface area contributed by atoms with Crippen LogP contribution in [0.5, 0.6) is 5.88 Å². The van der Waals surface area contributed by atoms with Gasteiger partial charge in [-0.3, -0.25) is 0 Å². The van der Waals surface area contributed by atoms with Gasteiger partial charge in [-0.25, -0.2) is 4.98 Å². The van der Waals surface area contributed by atoms with Gasteiger partial charge < -0.3 is 4.74 Å². The van der Waals surface area contributed by atoms with E-state index in [2.05, 4.69) is 20.9 Å². The molecule has 0 amide bonds. The maximum atomic E-state index is 12.3. The lowest BCUT2D eigenvalue weighted by molar-refractivity contribution is 0.398. The highest BCUT2D eigenvalue weighted by molar-refractivity contribution is 9.11. The monoisotopic (exact) mass is 231 g/mol. The van der Waals surface area contributed by atoms with Gasteiger partial charge in [0.15, 0.2) is 4.74 Å². The van der Waals surface area contributed by atoms with Gasteiger partial charge in [0.25, 0.3) is 0 Å². The predicted molar refractivity (Wildman–Crippen MR) is 48.8 cm³/mol. The molecule has 0 saturated carbocycles. The van der Waals surface area contributed by atoms with Crippen LogP contribution in [0.15, 0.2) is 23.1 Å². The summed E-state index contributed by atoms with van der Waals surface area (Å²) in [5.41, 5.74) is 0.705. The first-order chi connectivity index (χ1) is 5.72. The summed E-state index contributed by atoms with van der Waals surface area (Å²) in [6.45, 7) is 0. The Kier molecular flexibility index (Phi) is 3.22. The van der Waals surface area contributed by atoms with E-state index in [1.54, 1.807) is 18.3 Å². The lowest BCUT2D eigenvalue weighted by Gasteiger charge is -1.97. The molecule has 1 heterocycles. The fourth-order valence-electron chi connectivity index (χ4n) is 0.752. The Morgan fingerprint density at radius 1 is 1.75 bits per heavy atom. The van der Waals surface area contributed by atoms with Gasteiger partial charge in [-0.2, -0.15) is 4.39 Å². The molecule has 0 saturated heterocycles. The standard InChI is InChI=1S/C8H7BrFNO/c1-12-8-5-6(2-3-11-8)4-7(9)10/h2-5H,1H3. The van der Waals surface area contributed by atoms with E-state index in [-0.39, 0.29) is 0 Å². The van der Waals surface area contributed by atoms with E-state index in [4.69, 9.17) is 4.74 Å². The average Bonchev–Trinajstić information content (AvgIpc) is 2.03. The minimum Gasteiger partial charge on any atom is -0.481 e. The van der Waals surface area contributed by atoms with Crippen molar-refractivity contribution >= 4 is 22.0 Å². The Morgan fingerprint density at radius 3 is 3.08 bits per heavy atom. The highest BCUT2D eigenvalue weighted by atomic mass is 79.9. The first-order valence-corrected chi connectivity index (χ1v) is 4.04. The molecule has 1 aromatic heterocycles. The summed E-state index contributed by atoms with van der Waals surface area (Å²) in [6, 6.07) is 3.32. The molecule has 0 aromatic carbocycles. The molecule has 12 heavy (non-hydrogen) atoms. The number of rotatable bonds is 2. The van der Waals surface area contributed by atoms with E-state index in [1.807, 2.05) is 0 Å². The third-order valence-corrected chi connectivity index (χ3v) is 1.47. The molecule has 0 aliphatic rings. The highest BCUT2D eigenvalue weighted by Gasteiger charge is 1.94. The first-order valence-electron chi connectivity index (χ1n) is 3.25. The molecule has 1 rings (SSSR count). The van der Waals surface area contributed by atoms with Crippen LogP contribution in [0.25, 0.3) is 6.08 Å². The van der Waals surface area contributed by atoms with Gasteiger partial charge >= 0.3 is 0 Å². The van der Waals surface area contributed by atoms with E-state index in [9.17, 15) is 4.39 Å². The summed E-state index contributed by atoms with van der Waals surface area (Å²) in [5, 5.41) is 0. The van der Waals surface area contributed by atoms with Crippen LogP contribution in [0, 0.1) is 0 Å². The fraction of sp³-hybridized carbons (Fsp3) is 0.125. The molecule has 0 unspecified atom stereocenters. The second-order valence-corrected chi connectivity index (χ2v) is 2.82. The van der Waals surface area contributed by atoms with Gasteiger partial charge in [-0.05, 0) is 33.6 Å². The summed E-state index contributed by atoms with van der Waals surface area (Å²) in [6.07, 6.45) is 2.89. The lowest BCUT2D eigenvalue weighted by atomic mass is 10.3. The summed E-state index contributed by atoms with van der Waals surface area (Å²) in [4.78, 5) is 3.88. The minimum absolute atomic E-state index is 0.421. The smallest absolute Gasteiger partial charge is 0.213 e. The quantitative estimate of drug-likeness (QED) is 0.782. The number of pyridine rings is 1. The Morgan fingerprint density at radius 2 is 2.50 bits per heavy atom. The molecule has 1 aromatic rings. The molecular weight excluding hydrogens is 225 g/mol. The van der Waals surface area contributed by atoms with Crippen molar-refractivity contribution in [2.24, 2.45) is 0 Å². The summed E-state index contributed by atoms with van der Waals surface area (Å²) in [5.74, 6) is 0.470. The number of hydrogen-bond donors (Lipinski definition) is 0. The topological polar surface area (TPSA) is 22.1 Å². The Hall–Kier alpha value is -0.900. The molecule has 0 aliphatic heterocycles. The van der Waals surface area contributed by atoms with Crippen molar-refractivity contribution in [3.8, 4) is 5.88 Å². The van der Waals surface area contributed by atoms with E-state index >= 15 is 0 Å². The summed E-state index contributed by atoms with van der Waals surface area (Å²) >= 11 is 2.69. The molecule has 0 fully saturated rings. The van der Waals surface area contributed by atoms with E-state index in [1.165, 1.54) is 13.2 Å². The minimum atomic E-state index is -0.421. The van der Waals surface area contributed by atoms with Gasteiger partial charge in [-0.1, -0.05) is 0 Å². The van der Waals surface area contributed by atoms with Gasteiger partial charge in [0, 0.05) is 12.3 Å². The second kappa shape index (κ2) is 4.21. The third kappa shape index (κ3) is 2.62. The maximum Gasteiger partial charge on any atom is 0.213 e. The molecule has 2 nitrogen and oxygen atoms in total. The third-order valence-electron chi connectivity index (χ3n) is 1.24. The molecule has 0 atom stereocenters. The number of methoxy groups -OCH3 is 1. The number of ether oxygens (including phenoxy) is 1. The molecule has 64 valence electrons. The number of nitrogens with zero attached hydrogens (tertiary/aromatic N) is 1. The van der Waals surface area contributed by atoms with Crippen molar-refractivity contribution in [3.05, 3.63) is 28.6 Å². The molecule has 0 radical (unpaired) electrons. The zero-order valence-electron chi connectivity index (χ0n) is 6.42. The van der Waals surface area contributed by atoms with Crippen molar-refractivity contribution in [1.82, 2.24) is 4.98 Å². The van der Waals surface area contributed by atoms with Gasteiger partial charge in [0.1, 0.15) is 0 Å². The molecule has 0 N–H and O–H groups in total. The van der Waals surface area contributed by atoms with E-state index < -0.39 is 4.74 Å². The second-order valence-electron chi connectivity index (χ2n) is 2.07. The van der Waals surface area contributed by atoms with Crippen molar-refractivity contribution in [2.45, 2.75) is 0 Å². The fourth-order valence-corrected chi connectivity index (χ4v) is 1.02. The van der Waals surface area contributed by atoms with Gasteiger partial charge in [0.05, 0.1) is 7.11 Å². The molecule has 4 heteroatoms. The van der Waals surface area contributed by atoms with E-state index in [0.29, 0.717) is 11.4 Å². The molecular formula is C8H7BrFNO. The normalized spacial score (nSPS) is 11.4. The van der Waals surface area contributed by atoms with Crippen LogP contribution >= 0.6 is 15.9 Å². The highest BCUT2D eigenvalue weighted by Crippen LogP contribution is 2.15. The Balaban J connectivity index is 2.94. The van der Waals surface area contributed by atoms with Crippen LogP contribution in [0.2, 0.25) is 0 Å². The average molecular weight is 232 g/mol. The summed E-state index contributed by atoms with van der Waals surface area (Å²) in [7, 11) is 1.51. The van der Waals surface area contributed by atoms with Crippen molar-refractivity contribution in [1.29, 1.82) is 0 Å². The van der Waals surface area contributed by atoms with Crippen LogP contribution in [0.4, 0.5) is 4.39 Å². The molecule has 0 spiro atoms. The molecule has 0 aliphatic carbocycles. The Labute approximate surface area is 78.2 Å². The lowest BCUT2D eigenvalue weighted by Crippen LogP contribution is -1.86. The number of halogens is 2. The number of hydrogen-bond acceptors (Lipinski definition) is 2. The van der Waals surface area contributed by atoms with Crippen molar-refractivity contribution in [2.75, 3.05) is 7.11 Å². The Bertz CT molecular complexity index is 297. The van der Waals surface area contributed by atoms with Gasteiger partial charge in [0.2, 0.25) is 5.88 Å². The van der Waals surface area contributed by atoms with Crippen molar-refractivity contribution < 1.29 is 9.13 Å². The zero-order chi connectivity index (χ0) is 8.97. The van der Waals surface area contributed by atoms with Crippen LogP contribution < -0.4 is 4.74 Å². The van der Waals surface area contributed by atoms with Crippen LogP contribution in [0.3, 0.4) is 0 Å². The largest absolute Gasteiger partial charge is 0.481 e. The summed E-state index contributed by atoms with van der Waals surface area (Å²) < 4.78 is 16.8. The molecule has 0 bridgehead atoms. The zero-order valence-corrected chi connectivity index (χ0v) is 8.01. The predicted octanol–water partition coefficient (Wildman–Crippen LogP) is 2.75. The first kappa shape index (κ1) is 9.19. The maximum absolute atomic E-state index is 12.3. The SMILES string of the molecule is COc1cc(C=C(F)Br)ccn1. The van der Waals surface area contributed by atoms with E-state index in [0.717, 1.165) is 0 Å².